The van der Waals surface area contributed by atoms with Gasteiger partial charge in [-0.15, -0.1) is 0 Å². The largest absolute Gasteiger partial charge is 0.465 e. The number of epoxide rings is 1. The van der Waals surface area contributed by atoms with E-state index in [1.165, 1.54) is 0 Å². The number of esters is 2. The summed E-state index contributed by atoms with van der Waals surface area (Å²) in [5, 5.41) is 0. The molecule has 0 radical (unpaired) electrons. The molecule has 1 atom stereocenters. The molecular formula is C17H22O5. The molecule has 1 fully saturated rings. The smallest absolute Gasteiger partial charge is 0.323 e. The Kier molecular flexibility index (Phi) is 5.55. The molecule has 1 aromatic carbocycles. The summed E-state index contributed by atoms with van der Waals surface area (Å²) in [7, 11) is 0. The highest BCUT2D eigenvalue weighted by Crippen LogP contribution is 2.36. The van der Waals surface area contributed by atoms with E-state index in [1.807, 2.05) is 30.3 Å². The molecule has 0 saturated carbocycles. The van der Waals surface area contributed by atoms with Crippen molar-refractivity contribution in [2.45, 2.75) is 32.8 Å². The molecule has 5 nitrogen and oxygen atoms in total. The van der Waals surface area contributed by atoms with E-state index in [1.54, 1.807) is 13.8 Å². The maximum Gasteiger partial charge on any atom is 0.323 e. The van der Waals surface area contributed by atoms with Gasteiger partial charge < -0.3 is 14.2 Å². The lowest BCUT2D eigenvalue weighted by Crippen LogP contribution is -2.45. The van der Waals surface area contributed by atoms with E-state index in [0.717, 1.165) is 5.56 Å². The van der Waals surface area contributed by atoms with Crippen molar-refractivity contribution in [1.29, 1.82) is 0 Å². The van der Waals surface area contributed by atoms with Gasteiger partial charge in [-0.25, -0.2) is 0 Å². The number of rotatable bonds is 8. The van der Waals surface area contributed by atoms with E-state index in [0.29, 0.717) is 13.0 Å². The number of benzene rings is 1. The van der Waals surface area contributed by atoms with Gasteiger partial charge in [0, 0.05) is 6.42 Å². The van der Waals surface area contributed by atoms with Crippen LogP contribution in [0.15, 0.2) is 30.3 Å². The Bertz CT molecular complexity index is 489. The minimum atomic E-state index is -1.34. The van der Waals surface area contributed by atoms with Gasteiger partial charge in [0.15, 0.2) is 5.41 Å². The zero-order valence-electron chi connectivity index (χ0n) is 13.0. The predicted octanol–water partition coefficient (Wildman–Crippen LogP) is 2.13. The Morgan fingerprint density at radius 3 is 2.14 bits per heavy atom. The molecule has 120 valence electrons. The van der Waals surface area contributed by atoms with E-state index < -0.39 is 17.4 Å². The van der Waals surface area contributed by atoms with Crippen LogP contribution in [0, 0.1) is 5.41 Å². The maximum atomic E-state index is 12.6. The number of carbonyl (C=O) groups is 2. The molecule has 1 aliphatic rings. The van der Waals surface area contributed by atoms with Crippen LogP contribution >= 0.6 is 0 Å². The molecule has 1 heterocycles. The van der Waals surface area contributed by atoms with Gasteiger partial charge in [0.1, 0.15) is 0 Å². The standard InChI is InChI=1S/C17H22O5/c1-3-20-15(18)17(11-14-12-22-14,16(19)21-4-2)10-13-8-6-5-7-9-13/h5-9,14H,3-4,10-12H2,1-2H3. The van der Waals surface area contributed by atoms with Gasteiger partial charge in [-0.1, -0.05) is 30.3 Å². The zero-order chi connectivity index (χ0) is 16.0. The first-order valence-electron chi connectivity index (χ1n) is 7.62. The van der Waals surface area contributed by atoms with Gasteiger partial charge in [-0.2, -0.15) is 0 Å². The number of hydrogen-bond donors (Lipinski definition) is 0. The molecule has 1 unspecified atom stereocenters. The molecule has 0 N–H and O–H groups in total. The minimum absolute atomic E-state index is 0.0856. The Balaban J connectivity index is 2.33. The Morgan fingerprint density at radius 1 is 1.14 bits per heavy atom. The van der Waals surface area contributed by atoms with E-state index in [4.69, 9.17) is 14.2 Å². The second-order valence-corrected chi connectivity index (χ2v) is 5.34. The second kappa shape index (κ2) is 7.40. The molecule has 0 aromatic heterocycles. The molecule has 5 heteroatoms. The lowest BCUT2D eigenvalue weighted by Gasteiger charge is -2.28. The fraction of sp³-hybridized carbons (Fsp3) is 0.529. The first kappa shape index (κ1) is 16.5. The lowest BCUT2D eigenvalue weighted by molar-refractivity contribution is -0.173. The summed E-state index contributed by atoms with van der Waals surface area (Å²) < 4.78 is 15.6. The van der Waals surface area contributed by atoms with Crippen molar-refractivity contribution >= 4 is 11.9 Å². The predicted molar refractivity (Wildman–Crippen MR) is 80.2 cm³/mol. The van der Waals surface area contributed by atoms with Crippen molar-refractivity contribution in [3.63, 3.8) is 0 Å². The average molecular weight is 306 g/mol. The van der Waals surface area contributed by atoms with Crippen LogP contribution in [0.25, 0.3) is 0 Å². The highest BCUT2D eigenvalue weighted by molar-refractivity contribution is 6.00. The fourth-order valence-corrected chi connectivity index (χ4v) is 2.52. The van der Waals surface area contributed by atoms with Crippen LogP contribution in [-0.4, -0.2) is 37.9 Å². The quantitative estimate of drug-likeness (QED) is 0.418. The summed E-state index contributed by atoms with van der Waals surface area (Å²) in [5.74, 6) is -1.07. The molecule has 2 rings (SSSR count). The normalized spacial score (nSPS) is 16.9. The molecular weight excluding hydrogens is 284 g/mol. The van der Waals surface area contributed by atoms with Crippen LogP contribution in [0.1, 0.15) is 25.8 Å². The molecule has 1 aromatic rings. The van der Waals surface area contributed by atoms with Crippen molar-refractivity contribution in [3.8, 4) is 0 Å². The number of ether oxygens (including phenoxy) is 3. The van der Waals surface area contributed by atoms with Crippen molar-refractivity contribution in [2.24, 2.45) is 5.41 Å². The Labute approximate surface area is 130 Å². The summed E-state index contributed by atoms with van der Waals surface area (Å²) in [6, 6.07) is 9.43. The van der Waals surface area contributed by atoms with Gasteiger partial charge in [0.05, 0.1) is 25.9 Å². The SMILES string of the molecule is CCOC(=O)C(Cc1ccccc1)(CC1CO1)C(=O)OCC. The third-order valence-electron chi connectivity index (χ3n) is 3.66. The van der Waals surface area contributed by atoms with Gasteiger partial charge in [0.25, 0.3) is 0 Å². The Morgan fingerprint density at radius 2 is 1.68 bits per heavy atom. The molecule has 0 amide bonds. The zero-order valence-corrected chi connectivity index (χ0v) is 13.0. The van der Waals surface area contributed by atoms with Gasteiger partial charge in [0.2, 0.25) is 0 Å². The fourth-order valence-electron chi connectivity index (χ4n) is 2.52. The van der Waals surface area contributed by atoms with Crippen LogP contribution in [0.4, 0.5) is 0 Å². The van der Waals surface area contributed by atoms with E-state index >= 15 is 0 Å². The van der Waals surface area contributed by atoms with Crippen molar-refractivity contribution in [3.05, 3.63) is 35.9 Å². The van der Waals surface area contributed by atoms with Crippen LogP contribution in [0.3, 0.4) is 0 Å². The number of hydrogen-bond acceptors (Lipinski definition) is 5. The monoisotopic (exact) mass is 306 g/mol. The van der Waals surface area contributed by atoms with E-state index in [9.17, 15) is 9.59 Å². The average Bonchev–Trinajstić information content (AvgIpc) is 3.32. The summed E-state index contributed by atoms with van der Waals surface area (Å²) in [4.78, 5) is 25.1. The third-order valence-corrected chi connectivity index (χ3v) is 3.66. The van der Waals surface area contributed by atoms with Gasteiger partial charge in [-0.05, 0) is 25.8 Å². The molecule has 0 bridgehead atoms. The lowest BCUT2D eigenvalue weighted by atomic mass is 9.77. The highest BCUT2D eigenvalue weighted by Gasteiger charge is 2.52. The second-order valence-electron chi connectivity index (χ2n) is 5.34. The first-order chi connectivity index (χ1) is 10.6. The van der Waals surface area contributed by atoms with Crippen LogP contribution < -0.4 is 0 Å². The highest BCUT2D eigenvalue weighted by atomic mass is 16.6. The molecule has 22 heavy (non-hydrogen) atoms. The van der Waals surface area contributed by atoms with Gasteiger partial charge in [-0.3, -0.25) is 9.59 Å². The minimum Gasteiger partial charge on any atom is -0.465 e. The van der Waals surface area contributed by atoms with Crippen molar-refractivity contribution < 1.29 is 23.8 Å². The van der Waals surface area contributed by atoms with Crippen LogP contribution in [-0.2, 0) is 30.2 Å². The van der Waals surface area contributed by atoms with E-state index in [-0.39, 0.29) is 25.7 Å². The topological polar surface area (TPSA) is 65.1 Å². The summed E-state index contributed by atoms with van der Waals surface area (Å²) in [6.07, 6.45) is 0.461. The van der Waals surface area contributed by atoms with Crippen LogP contribution in [0.2, 0.25) is 0 Å². The summed E-state index contributed by atoms with van der Waals surface area (Å²) in [5.41, 5.74) is -0.446. The third kappa shape index (κ3) is 3.85. The Hall–Kier alpha value is -1.88. The molecule has 1 saturated heterocycles. The molecule has 0 spiro atoms. The molecule has 0 aliphatic carbocycles. The van der Waals surface area contributed by atoms with Crippen molar-refractivity contribution in [2.75, 3.05) is 19.8 Å². The van der Waals surface area contributed by atoms with Gasteiger partial charge >= 0.3 is 11.9 Å². The summed E-state index contributed by atoms with van der Waals surface area (Å²) >= 11 is 0. The summed E-state index contributed by atoms with van der Waals surface area (Å²) in [6.45, 7) is 4.46. The number of carbonyl (C=O) groups excluding carboxylic acids is 2. The first-order valence-corrected chi connectivity index (χ1v) is 7.62. The van der Waals surface area contributed by atoms with Crippen molar-refractivity contribution in [1.82, 2.24) is 0 Å². The van der Waals surface area contributed by atoms with Crippen LogP contribution in [0.5, 0.6) is 0 Å². The maximum absolute atomic E-state index is 12.6. The molecule has 1 aliphatic heterocycles. The van der Waals surface area contributed by atoms with E-state index in [2.05, 4.69) is 0 Å².